The number of hydrogen-bond donors (Lipinski definition) is 2. The van der Waals surface area contributed by atoms with Crippen LogP contribution in [0, 0.1) is 0 Å². The first-order valence-corrected chi connectivity index (χ1v) is 9.30. The molecule has 2 aromatic heterocycles. The highest BCUT2D eigenvalue weighted by atomic mass is 16.2. The number of aromatic nitrogens is 4. The molecule has 4 rings (SSSR count). The van der Waals surface area contributed by atoms with E-state index in [1.54, 1.807) is 22.8 Å². The van der Waals surface area contributed by atoms with E-state index in [4.69, 9.17) is 0 Å². The molecule has 0 radical (unpaired) electrons. The number of rotatable bonds is 5. The van der Waals surface area contributed by atoms with Gasteiger partial charge in [0.15, 0.2) is 5.65 Å². The lowest BCUT2D eigenvalue weighted by molar-refractivity contribution is 0.248. The molecule has 8 nitrogen and oxygen atoms in total. The van der Waals surface area contributed by atoms with Crippen LogP contribution in [0.1, 0.15) is 6.92 Å². The van der Waals surface area contributed by atoms with Crippen LogP contribution in [-0.4, -0.2) is 39.4 Å². The third-order valence-corrected chi connectivity index (χ3v) is 4.50. The fraction of sp³-hybridized carbons (Fsp3) is 0.143. The zero-order valence-electron chi connectivity index (χ0n) is 16.2. The first-order valence-electron chi connectivity index (χ1n) is 9.30. The van der Waals surface area contributed by atoms with Crippen molar-refractivity contribution in [1.29, 1.82) is 0 Å². The lowest BCUT2D eigenvalue weighted by Crippen LogP contribution is -2.37. The van der Waals surface area contributed by atoms with E-state index in [-0.39, 0.29) is 6.03 Å². The Bertz CT molecular complexity index is 1140. The summed E-state index contributed by atoms with van der Waals surface area (Å²) in [7, 11) is 1.73. The summed E-state index contributed by atoms with van der Waals surface area (Å²) in [4.78, 5) is 22.4. The molecule has 4 aromatic rings. The second-order valence-corrected chi connectivity index (χ2v) is 6.42. The predicted molar refractivity (Wildman–Crippen MR) is 114 cm³/mol. The van der Waals surface area contributed by atoms with E-state index >= 15 is 0 Å². The number of hydrogen-bond acceptors (Lipinski definition) is 5. The number of nitrogens with zero attached hydrogens (tertiary/aromatic N) is 5. The number of carbonyl (C=O) groups is 1. The number of para-hydroxylation sites is 1. The zero-order valence-corrected chi connectivity index (χ0v) is 16.2. The van der Waals surface area contributed by atoms with Crippen LogP contribution in [-0.2, 0) is 0 Å². The van der Waals surface area contributed by atoms with Gasteiger partial charge < -0.3 is 10.6 Å². The summed E-state index contributed by atoms with van der Waals surface area (Å²) in [6.07, 6.45) is 3.26. The molecule has 2 amide bonds. The number of benzene rings is 2. The van der Waals surface area contributed by atoms with Crippen molar-refractivity contribution in [3.8, 4) is 5.69 Å². The third kappa shape index (κ3) is 3.73. The summed E-state index contributed by atoms with van der Waals surface area (Å²) < 4.78 is 1.78. The topological polar surface area (TPSA) is 88.0 Å². The van der Waals surface area contributed by atoms with Gasteiger partial charge in [-0.2, -0.15) is 5.10 Å². The highest BCUT2D eigenvalue weighted by Crippen LogP contribution is 2.26. The molecule has 0 fully saturated rings. The molecule has 2 N–H and O–H groups in total. The second-order valence-electron chi connectivity index (χ2n) is 6.42. The molecule has 0 unspecified atom stereocenters. The van der Waals surface area contributed by atoms with Crippen LogP contribution in [0.25, 0.3) is 16.7 Å². The maximum atomic E-state index is 12.1. The number of urea groups is 1. The van der Waals surface area contributed by atoms with E-state index < -0.39 is 0 Å². The number of carbonyl (C=O) groups excluding carboxylic acids is 1. The SMILES string of the molecule is CCNC(=O)N(C)c1cccc(Nc2ncnc3c2cnn3-c2ccccc2)c1. The van der Waals surface area contributed by atoms with Gasteiger partial charge in [-0.3, -0.25) is 4.90 Å². The number of fused-ring (bicyclic) bond motifs is 1. The maximum Gasteiger partial charge on any atom is 0.321 e. The highest BCUT2D eigenvalue weighted by molar-refractivity contribution is 5.93. The van der Waals surface area contributed by atoms with E-state index in [2.05, 4.69) is 25.7 Å². The van der Waals surface area contributed by atoms with Crippen molar-refractivity contribution in [2.24, 2.45) is 0 Å². The van der Waals surface area contributed by atoms with E-state index in [1.165, 1.54) is 6.33 Å². The van der Waals surface area contributed by atoms with Crippen LogP contribution in [0.15, 0.2) is 67.1 Å². The molecule has 0 aliphatic heterocycles. The average Bonchev–Trinajstić information content (AvgIpc) is 3.19. The molecule has 29 heavy (non-hydrogen) atoms. The van der Waals surface area contributed by atoms with Gasteiger partial charge in [-0.1, -0.05) is 24.3 Å². The molecule has 8 heteroatoms. The second kappa shape index (κ2) is 7.97. The van der Waals surface area contributed by atoms with Crippen LogP contribution in [0.4, 0.5) is 22.0 Å². The standard InChI is InChI=1S/C21H21N7O/c1-3-22-21(29)27(2)17-11-7-8-15(12-17)26-19-18-13-25-28(20(18)24-14-23-19)16-9-5-4-6-10-16/h4-14H,3H2,1-2H3,(H,22,29)(H,23,24,26). The van der Waals surface area contributed by atoms with Crippen molar-refractivity contribution in [3.05, 3.63) is 67.1 Å². The van der Waals surface area contributed by atoms with Gasteiger partial charge in [0.25, 0.3) is 0 Å². The Balaban J connectivity index is 1.65. The van der Waals surface area contributed by atoms with E-state index in [9.17, 15) is 4.79 Å². The maximum absolute atomic E-state index is 12.1. The van der Waals surface area contributed by atoms with Crippen LogP contribution in [0.5, 0.6) is 0 Å². The predicted octanol–water partition coefficient (Wildman–Crippen LogP) is 3.72. The molecule has 0 spiro atoms. The zero-order chi connectivity index (χ0) is 20.2. The highest BCUT2D eigenvalue weighted by Gasteiger charge is 2.13. The Hall–Kier alpha value is -3.94. The van der Waals surface area contributed by atoms with Gasteiger partial charge >= 0.3 is 6.03 Å². The van der Waals surface area contributed by atoms with Crippen molar-refractivity contribution in [2.75, 3.05) is 23.8 Å². The minimum atomic E-state index is -0.154. The first kappa shape index (κ1) is 18.4. The summed E-state index contributed by atoms with van der Waals surface area (Å²) in [5.74, 6) is 0.648. The van der Waals surface area contributed by atoms with Crippen LogP contribution < -0.4 is 15.5 Å². The molecule has 0 atom stereocenters. The van der Waals surface area contributed by atoms with Crippen LogP contribution >= 0.6 is 0 Å². The number of anilines is 3. The largest absolute Gasteiger partial charge is 0.339 e. The molecule has 0 saturated heterocycles. The van der Waals surface area contributed by atoms with Gasteiger partial charge in [-0.25, -0.2) is 19.4 Å². The summed E-state index contributed by atoms with van der Waals surface area (Å²) in [6, 6.07) is 17.3. The van der Waals surface area contributed by atoms with Crippen LogP contribution in [0.2, 0.25) is 0 Å². The Kier molecular flexibility index (Phi) is 5.07. The van der Waals surface area contributed by atoms with Gasteiger partial charge in [0.2, 0.25) is 0 Å². The van der Waals surface area contributed by atoms with Gasteiger partial charge in [0, 0.05) is 25.0 Å². The molecular formula is C21H21N7O. The fourth-order valence-electron chi connectivity index (χ4n) is 3.02. The van der Waals surface area contributed by atoms with E-state index in [1.807, 2.05) is 61.5 Å². The molecule has 0 saturated carbocycles. The van der Waals surface area contributed by atoms with Gasteiger partial charge in [0.05, 0.1) is 17.3 Å². The molecule has 2 aromatic carbocycles. The fourth-order valence-corrected chi connectivity index (χ4v) is 3.02. The summed E-state index contributed by atoms with van der Waals surface area (Å²) >= 11 is 0. The van der Waals surface area contributed by atoms with Crippen molar-refractivity contribution in [3.63, 3.8) is 0 Å². The Morgan fingerprint density at radius 2 is 1.93 bits per heavy atom. The van der Waals surface area contributed by atoms with Crippen LogP contribution in [0.3, 0.4) is 0 Å². The van der Waals surface area contributed by atoms with Crippen molar-refractivity contribution >= 4 is 34.3 Å². The molecular weight excluding hydrogens is 366 g/mol. The monoisotopic (exact) mass is 387 g/mol. The minimum Gasteiger partial charge on any atom is -0.339 e. The molecule has 2 heterocycles. The average molecular weight is 387 g/mol. The van der Waals surface area contributed by atoms with Gasteiger partial charge in [-0.15, -0.1) is 0 Å². The molecule has 0 aliphatic carbocycles. The van der Waals surface area contributed by atoms with Crippen molar-refractivity contribution in [1.82, 2.24) is 25.1 Å². The Morgan fingerprint density at radius 1 is 1.10 bits per heavy atom. The summed E-state index contributed by atoms with van der Waals surface area (Å²) in [5.41, 5.74) is 3.22. The lowest BCUT2D eigenvalue weighted by atomic mass is 10.2. The van der Waals surface area contributed by atoms with Crippen molar-refractivity contribution in [2.45, 2.75) is 6.92 Å². The lowest BCUT2D eigenvalue weighted by Gasteiger charge is -2.18. The molecule has 146 valence electrons. The number of nitrogens with one attached hydrogen (secondary N) is 2. The van der Waals surface area contributed by atoms with Crippen molar-refractivity contribution < 1.29 is 4.79 Å². The number of amides is 2. The third-order valence-electron chi connectivity index (χ3n) is 4.50. The molecule has 0 bridgehead atoms. The van der Waals surface area contributed by atoms with E-state index in [0.29, 0.717) is 18.0 Å². The summed E-state index contributed by atoms with van der Waals surface area (Å²) in [5, 5.41) is 11.4. The smallest absolute Gasteiger partial charge is 0.321 e. The first-order chi connectivity index (χ1) is 14.2. The Morgan fingerprint density at radius 3 is 2.72 bits per heavy atom. The van der Waals surface area contributed by atoms with E-state index in [0.717, 1.165) is 22.4 Å². The molecule has 0 aliphatic rings. The van der Waals surface area contributed by atoms with Gasteiger partial charge in [-0.05, 0) is 37.3 Å². The summed E-state index contributed by atoms with van der Waals surface area (Å²) in [6.45, 7) is 2.46. The quantitative estimate of drug-likeness (QED) is 0.545. The van der Waals surface area contributed by atoms with Gasteiger partial charge in [0.1, 0.15) is 12.1 Å². The normalized spacial score (nSPS) is 10.7. The minimum absolute atomic E-state index is 0.154. The Labute approximate surface area is 168 Å².